The van der Waals surface area contributed by atoms with E-state index in [-0.39, 0.29) is 23.6 Å². The van der Waals surface area contributed by atoms with Gasteiger partial charge >= 0.3 is 12.1 Å². The lowest BCUT2D eigenvalue weighted by Crippen LogP contribution is -2.43. The van der Waals surface area contributed by atoms with Crippen molar-refractivity contribution in [1.29, 1.82) is 0 Å². The number of rotatable bonds is 8. The van der Waals surface area contributed by atoms with Gasteiger partial charge in [-0.3, -0.25) is 5.32 Å². The number of anilines is 1. The smallest absolute Gasteiger partial charge is 0.409 e. The first kappa shape index (κ1) is 26.3. The summed E-state index contributed by atoms with van der Waals surface area (Å²) in [5.74, 6) is -1.37. The topological polar surface area (TPSA) is 95.9 Å². The van der Waals surface area contributed by atoms with Gasteiger partial charge in [-0.25, -0.2) is 14.0 Å². The van der Waals surface area contributed by atoms with E-state index in [2.05, 4.69) is 5.32 Å². The summed E-state index contributed by atoms with van der Waals surface area (Å²) in [6.45, 7) is 7.89. The molecule has 188 valence electrons. The minimum absolute atomic E-state index is 0.00493. The van der Waals surface area contributed by atoms with Gasteiger partial charge in [0.25, 0.3) is 0 Å². The highest BCUT2D eigenvalue weighted by Gasteiger charge is 2.46. The number of carboxylic acid groups (broad SMARTS) is 1. The van der Waals surface area contributed by atoms with Crippen LogP contribution in [0.4, 0.5) is 14.9 Å². The minimum atomic E-state index is -1.18. The molecule has 2 unspecified atom stereocenters. The van der Waals surface area contributed by atoms with Crippen molar-refractivity contribution in [2.24, 2.45) is 5.41 Å². The fraction of sp³-hybridized carbons (Fsp3) is 0.429. The standard InChI is InChI=1S/C28H34FNO5/c1-5-14-28(15-13-18-9-11-20(29)12-10-18)17-22(31)23(25(32)35-28)24(27(2,3)4)19-7-6-8-21(16-19)30-26(33)34/h6-12,16,24,30-31H,5,13-15,17H2,1-4H3,(H,33,34). The maximum Gasteiger partial charge on any atom is 0.409 e. The van der Waals surface area contributed by atoms with Crippen molar-refractivity contribution in [2.45, 2.75) is 71.3 Å². The Kier molecular flexibility index (Phi) is 7.88. The number of nitrogens with one attached hydrogen (secondary N) is 1. The van der Waals surface area contributed by atoms with Crippen molar-refractivity contribution >= 4 is 17.7 Å². The van der Waals surface area contributed by atoms with Gasteiger partial charge in [0.2, 0.25) is 0 Å². The number of halogens is 1. The zero-order valence-electron chi connectivity index (χ0n) is 20.7. The highest BCUT2D eigenvalue weighted by molar-refractivity contribution is 5.92. The number of hydrogen-bond donors (Lipinski definition) is 3. The van der Waals surface area contributed by atoms with Gasteiger partial charge in [-0.2, -0.15) is 0 Å². The molecule has 1 aliphatic heterocycles. The van der Waals surface area contributed by atoms with E-state index in [1.165, 1.54) is 12.1 Å². The number of amides is 1. The zero-order valence-corrected chi connectivity index (χ0v) is 20.7. The molecule has 0 bridgehead atoms. The number of hydrogen-bond acceptors (Lipinski definition) is 4. The molecule has 3 N–H and O–H groups in total. The van der Waals surface area contributed by atoms with Crippen molar-refractivity contribution in [2.75, 3.05) is 5.32 Å². The Morgan fingerprint density at radius 2 is 1.86 bits per heavy atom. The predicted octanol–water partition coefficient (Wildman–Crippen LogP) is 6.98. The third kappa shape index (κ3) is 6.41. The van der Waals surface area contributed by atoms with Crippen LogP contribution in [0.15, 0.2) is 59.9 Å². The molecule has 3 rings (SSSR count). The van der Waals surface area contributed by atoms with Crippen LogP contribution in [0.3, 0.4) is 0 Å². The number of carbonyl (C=O) groups excluding carboxylic acids is 1. The number of benzene rings is 2. The summed E-state index contributed by atoms with van der Waals surface area (Å²) in [5.41, 5.74) is 0.914. The average Bonchev–Trinajstić information content (AvgIpc) is 2.75. The Labute approximate surface area is 205 Å². The first-order valence-corrected chi connectivity index (χ1v) is 11.9. The summed E-state index contributed by atoms with van der Waals surface area (Å²) in [7, 11) is 0. The quantitative estimate of drug-likeness (QED) is 0.352. The van der Waals surface area contributed by atoms with Gasteiger partial charge < -0.3 is 14.9 Å². The number of esters is 1. The molecule has 2 aromatic rings. The van der Waals surface area contributed by atoms with Crippen LogP contribution < -0.4 is 5.32 Å². The fourth-order valence-electron chi connectivity index (χ4n) is 4.99. The average molecular weight is 484 g/mol. The van der Waals surface area contributed by atoms with Crippen LogP contribution in [0.5, 0.6) is 0 Å². The number of carbonyl (C=O) groups is 2. The number of cyclic esters (lactones) is 1. The van der Waals surface area contributed by atoms with E-state index in [0.29, 0.717) is 30.5 Å². The van der Waals surface area contributed by atoms with Gasteiger partial charge in [-0.05, 0) is 60.1 Å². The Balaban J connectivity index is 1.96. The molecule has 0 aromatic heterocycles. The lowest BCUT2D eigenvalue weighted by Gasteiger charge is -2.41. The number of aliphatic hydroxyl groups excluding tert-OH is 1. The van der Waals surface area contributed by atoms with Crippen molar-refractivity contribution in [3.8, 4) is 0 Å². The van der Waals surface area contributed by atoms with Gasteiger partial charge in [0, 0.05) is 18.0 Å². The van der Waals surface area contributed by atoms with Crippen molar-refractivity contribution < 1.29 is 28.9 Å². The van der Waals surface area contributed by atoms with Gasteiger partial charge in [-0.15, -0.1) is 0 Å². The van der Waals surface area contributed by atoms with Crippen LogP contribution in [-0.2, 0) is 16.0 Å². The zero-order chi connectivity index (χ0) is 25.8. The first-order valence-electron chi connectivity index (χ1n) is 11.9. The van der Waals surface area contributed by atoms with Crippen LogP contribution in [0, 0.1) is 11.2 Å². The summed E-state index contributed by atoms with van der Waals surface area (Å²) < 4.78 is 19.4. The van der Waals surface area contributed by atoms with E-state index in [1.807, 2.05) is 33.8 Å². The fourth-order valence-corrected chi connectivity index (χ4v) is 4.99. The molecule has 35 heavy (non-hydrogen) atoms. The first-order chi connectivity index (χ1) is 16.4. The van der Waals surface area contributed by atoms with Crippen LogP contribution >= 0.6 is 0 Å². The van der Waals surface area contributed by atoms with Crippen LogP contribution in [0.25, 0.3) is 0 Å². The predicted molar refractivity (Wildman–Crippen MR) is 133 cm³/mol. The normalized spacial score (nSPS) is 19.3. The van der Waals surface area contributed by atoms with E-state index in [4.69, 9.17) is 9.84 Å². The minimum Gasteiger partial charge on any atom is -0.512 e. The summed E-state index contributed by atoms with van der Waals surface area (Å²) in [6.07, 6.45) is 1.47. The molecule has 2 aromatic carbocycles. The Hall–Kier alpha value is -3.35. The maximum atomic E-state index is 13.5. The summed E-state index contributed by atoms with van der Waals surface area (Å²) >= 11 is 0. The van der Waals surface area contributed by atoms with E-state index in [1.54, 1.807) is 30.3 Å². The highest BCUT2D eigenvalue weighted by atomic mass is 19.1. The van der Waals surface area contributed by atoms with Crippen LogP contribution in [0.1, 0.15) is 70.4 Å². The summed E-state index contributed by atoms with van der Waals surface area (Å²) in [5, 5.41) is 22.7. The van der Waals surface area contributed by atoms with Gasteiger partial charge in [-0.1, -0.05) is 58.4 Å². The number of aryl methyl sites for hydroxylation is 1. The van der Waals surface area contributed by atoms with Gasteiger partial charge in [0.1, 0.15) is 17.2 Å². The number of ether oxygens (including phenoxy) is 1. The molecule has 0 spiro atoms. The molecule has 0 radical (unpaired) electrons. The third-order valence-corrected chi connectivity index (χ3v) is 6.44. The van der Waals surface area contributed by atoms with Crippen molar-refractivity contribution in [1.82, 2.24) is 0 Å². The molecule has 1 aliphatic rings. The van der Waals surface area contributed by atoms with Crippen molar-refractivity contribution in [3.05, 3.63) is 76.8 Å². The molecule has 0 fully saturated rings. The second kappa shape index (κ2) is 10.5. The number of aliphatic hydroxyl groups is 1. The second-order valence-electron chi connectivity index (χ2n) is 10.3. The maximum absolute atomic E-state index is 13.5. The lowest BCUT2D eigenvalue weighted by atomic mass is 9.70. The SMILES string of the molecule is CCCC1(CCc2ccc(F)cc2)CC(O)=C(C(c2cccc(NC(=O)O)c2)C(C)(C)C)C(=O)O1. The molecular weight excluding hydrogens is 449 g/mol. The lowest BCUT2D eigenvalue weighted by molar-refractivity contribution is -0.161. The molecule has 1 heterocycles. The van der Waals surface area contributed by atoms with E-state index in [9.17, 15) is 19.1 Å². The molecule has 0 saturated heterocycles. The molecular formula is C28H34FNO5. The van der Waals surface area contributed by atoms with Crippen LogP contribution in [-0.4, -0.2) is 27.9 Å². The van der Waals surface area contributed by atoms with E-state index >= 15 is 0 Å². The Bertz CT molecular complexity index is 1100. The molecule has 7 heteroatoms. The molecule has 2 atom stereocenters. The molecule has 0 aliphatic carbocycles. The van der Waals surface area contributed by atoms with Gasteiger partial charge in [0.05, 0.1) is 5.57 Å². The molecule has 0 saturated carbocycles. The summed E-state index contributed by atoms with van der Waals surface area (Å²) in [6, 6.07) is 13.1. The van der Waals surface area contributed by atoms with Crippen molar-refractivity contribution in [3.63, 3.8) is 0 Å². The molecule has 1 amide bonds. The monoisotopic (exact) mass is 483 g/mol. The third-order valence-electron chi connectivity index (χ3n) is 6.44. The highest BCUT2D eigenvalue weighted by Crippen LogP contribution is 2.47. The Morgan fingerprint density at radius 1 is 1.17 bits per heavy atom. The Morgan fingerprint density at radius 3 is 2.43 bits per heavy atom. The molecule has 6 nitrogen and oxygen atoms in total. The van der Waals surface area contributed by atoms with Gasteiger partial charge in [0.15, 0.2) is 0 Å². The van der Waals surface area contributed by atoms with Crippen LogP contribution in [0.2, 0.25) is 0 Å². The summed E-state index contributed by atoms with van der Waals surface area (Å²) in [4.78, 5) is 24.6. The van der Waals surface area contributed by atoms with E-state index in [0.717, 1.165) is 12.0 Å². The second-order valence-corrected chi connectivity index (χ2v) is 10.3. The van der Waals surface area contributed by atoms with E-state index < -0.39 is 29.0 Å². The largest absolute Gasteiger partial charge is 0.512 e.